The standard InChI is InChI=1S/C18H18N4O4S/c1-11-6-12(2)8-13(7-11)16-21-22-18(26-16)27-10-15(23)20-17(24)19-9-14-4-3-5-25-14/h3-8H,9-10H2,1-2H3,(H2,19,20,23,24). The lowest BCUT2D eigenvalue weighted by Gasteiger charge is -2.04. The number of rotatable bonds is 6. The Bertz CT molecular complexity index is 917. The zero-order valence-electron chi connectivity index (χ0n) is 14.8. The van der Waals surface area contributed by atoms with E-state index in [1.807, 2.05) is 26.0 Å². The molecule has 3 rings (SSSR count). The summed E-state index contributed by atoms with van der Waals surface area (Å²) in [5, 5.41) is 12.9. The van der Waals surface area contributed by atoms with Crippen molar-refractivity contribution in [3.8, 4) is 11.5 Å². The maximum Gasteiger partial charge on any atom is 0.321 e. The summed E-state index contributed by atoms with van der Waals surface area (Å²) in [5.41, 5.74) is 3.02. The molecule has 0 atom stereocenters. The Morgan fingerprint density at radius 1 is 1.15 bits per heavy atom. The highest BCUT2D eigenvalue weighted by atomic mass is 32.2. The Morgan fingerprint density at radius 2 is 1.93 bits per heavy atom. The minimum Gasteiger partial charge on any atom is -0.467 e. The average Bonchev–Trinajstić information content (AvgIpc) is 3.29. The number of nitrogens with one attached hydrogen (secondary N) is 2. The second-order valence-corrected chi connectivity index (χ2v) is 6.77. The molecule has 0 saturated heterocycles. The van der Waals surface area contributed by atoms with E-state index in [4.69, 9.17) is 8.83 Å². The van der Waals surface area contributed by atoms with E-state index in [-0.39, 0.29) is 17.5 Å². The molecule has 1 aromatic carbocycles. The van der Waals surface area contributed by atoms with E-state index in [1.165, 1.54) is 6.26 Å². The Hall–Kier alpha value is -3.07. The Morgan fingerprint density at radius 3 is 2.63 bits per heavy atom. The van der Waals surface area contributed by atoms with E-state index in [9.17, 15) is 9.59 Å². The fourth-order valence-electron chi connectivity index (χ4n) is 2.40. The van der Waals surface area contributed by atoms with Crippen LogP contribution >= 0.6 is 11.8 Å². The van der Waals surface area contributed by atoms with Crippen LogP contribution in [-0.4, -0.2) is 27.9 Å². The lowest BCUT2D eigenvalue weighted by Crippen LogP contribution is -2.39. The SMILES string of the molecule is Cc1cc(C)cc(-c2nnc(SCC(=O)NC(=O)NCc3ccco3)o2)c1. The highest BCUT2D eigenvalue weighted by Gasteiger charge is 2.13. The van der Waals surface area contributed by atoms with Gasteiger partial charge in [-0.25, -0.2) is 4.79 Å². The molecule has 0 aliphatic heterocycles. The van der Waals surface area contributed by atoms with Crippen LogP contribution in [0.25, 0.3) is 11.5 Å². The number of hydrogen-bond acceptors (Lipinski definition) is 7. The molecule has 0 spiro atoms. The molecule has 0 fully saturated rings. The molecule has 0 radical (unpaired) electrons. The zero-order valence-corrected chi connectivity index (χ0v) is 15.6. The number of aryl methyl sites for hydroxylation is 2. The van der Waals surface area contributed by atoms with Crippen LogP contribution in [-0.2, 0) is 11.3 Å². The van der Waals surface area contributed by atoms with Gasteiger partial charge in [0.15, 0.2) is 0 Å². The van der Waals surface area contributed by atoms with Crippen LogP contribution in [0.15, 0.2) is 50.7 Å². The molecular formula is C18H18N4O4S. The van der Waals surface area contributed by atoms with Gasteiger partial charge in [-0.2, -0.15) is 0 Å². The van der Waals surface area contributed by atoms with Gasteiger partial charge >= 0.3 is 6.03 Å². The summed E-state index contributed by atoms with van der Waals surface area (Å²) in [7, 11) is 0. The lowest BCUT2D eigenvalue weighted by atomic mass is 10.1. The van der Waals surface area contributed by atoms with Gasteiger partial charge in [-0.15, -0.1) is 10.2 Å². The van der Waals surface area contributed by atoms with Crippen LogP contribution < -0.4 is 10.6 Å². The summed E-state index contributed by atoms with van der Waals surface area (Å²) < 4.78 is 10.7. The highest BCUT2D eigenvalue weighted by Crippen LogP contribution is 2.24. The first-order chi connectivity index (χ1) is 13.0. The Kier molecular flexibility index (Phi) is 5.92. The van der Waals surface area contributed by atoms with E-state index in [2.05, 4.69) is 26.9 Å². The number of benzene rings is 1. The number of nitrogens with zero attached hydrogens (tertiary/aromatic N) is 2. The van der Waals surface area contributed by atoms with Crippen LogP contribution in [0.5, 0.6) is 0 Å². The minimum atomic E-state index is -0.599. The van der Waals surface area contributed by atoms with Gasteiger partial charge in [0.2, 0.25) is 11.8 Å². The van der Waals surface area contributed by atoms with Gasteiger partial charge in [0.1, 0.15) is 5.76 Å². The Balaban J connectivity index is 1.47. The molecule has 0 aliphatic carbocycles. The fourth-order valence-corrected chi connectivity index (χ4v) is 2.96. The van der Waals surface area contributed by atoms with Crippen LogP contribution in [0.1, 0.15) is 16.9 Å². The lowest BCUT2D eigenvalue weighted by molar-refractivity contribution is -0.117. The largest absolute Gasteiger partial charge is 0.467 e. The fraction of sp³-hybridized carbons (Fsp3) is 0.222. The van der Waals surface area contributed by atoms with Crippen LogP contribution in [0.3, 0.4) is 0 Å². The molecule has 2 heterocycles. The van der Waals surface area contributed by atoms with E-state index < -0.39 is 11.9 Å². The molecule has 0 unspecified atom stereocenters. The van der Waals surface area contributed by atoms with Crippen molar-refractivity contribution in [2.24, 2.45) is 0 Å². The molecule has 3 aromatic rings. The third kappa shape index (κ3) is 5.45. The second kappa shape index (κ2) is 8.54. The number of hydrogen-bond donors (Lipinski definition) is 2. The maximum atomic E-state index is 11.8. The van der Waals surface area contributed by atoms with E-state index in [0.29, 0.717) is 11.7 Å². The smallest absolute Gasteiger partial charge is 0.321 e. The average molecular weight is 386 g/mol. The van der Waals surface area contributed by atoms with Crippen molar-refractivity contribution in [3.63, 3.8) is 0 Å². The van der Waals surface area contributed by atoms with E-state index in [0.717, 1.165) is 28.5 Å². The topological polar surface area (TPSA) is 110 Å². The third-order valence-corrected chi connectivity index (χ3v) is 4.28. The number of imide groups is 1. The molecule has 0 bridgehead atoms. The van der Waals surface area contributed by atoms with Gasteiger partial charge < -0.3 is 14.2 Å². The number of amides is 3. The first-order valence-corrected chi connectivity index (χ1v) is 9.13. The highest BCUT2D eigenvalue weighted by molar-refractivity contribution is 7.99. The number of aromatic nitrogens is 2. The molecule has 2 aromatic heterocycles. The number of carbonyl (C=O) groups is 2. The van der Waals surface area contributed by atoms with Crippen molar-refractivity contribution >= 4 is 23.7 Å². The zero-order chi connectivity index (χ0) is 19.2. The molecule has 2 N–H and O–H groups in total. The Labute approximate surface area is 159 Å². The summed E-state index contributed by atoms with van der Waals surface area (Å²) in [6, 6.07) is 8.79. The van der Waals surface area contributed by atoms with Crippen LogP contribution in [0, 0.1) is 13.8 Å². The van der Waals surface area contributed by atoms with Gasteiger partial charge in [0.25, 0.3) is 5.22 Å². The second-order valence-electron chi connectivity index (χ2n) is 5.85. The molecule has 9 heteroatoms. The monoisotopic (exact) mass is 386 g/mol. The summed E-state index contributed by atoms with van der Waals surface area (Å²) in [5.74, 6) is 0.489. The predicted molar refractivity (Wildman–Crippen MR) is 99.0 cm³/mol. The van der Waals surface area contributed by atoms with Crippen molar-refractivity contribution in [2.45, 2.75) is 25.6 Å². The summed E-state index contributed by atoms with van der Waals surface area (Å²) >= 11 is 1.06. The molecule has 3 amide bonds. The van der Waals surface area contributed by atoms with Gasteiger partial charge in [-0.05, 0) is 38.1 Å². The van der Waals surface area contributed by atoms with Gasteiger partial charge in [0.05, 0.1) is 18.6 Å². The number of urea groups is 1. The summed E-state index contributed by atoms with van der Waals surface area (Å²) in [6.45, 7) is 4.18. The molecule has 0 saturated carbocycles. The predicted octanol–water partition coefficient (Wildman–Crippen LogP) is 3.06. The van der Waals surface area contributed by atoms with Crippen molar-refractivity contribution in [2.75, 3.05) is 5.75 Å². The van der Waals surface area contributed by atoms with Crippen molar-refractivity contribution in [1.82, 2.24) is 20.8 Å². The molecule has 27 heavy (non-hydrogen) atoms. The molecule has 140 valence electrons. The molecule has 0 aliphatic rings. The number of furan rings is 1. The first kappa shape index (κ1) is 18.7. The van der Waals surface area contributed by atoms with Crippen molar-refractivity contribution in [1.29, 1.82) is 0 Å². The van der Waals surface area contributed by atoms with Crippen LogP contribution in [0.4, 0.5) is 4.79 Å². The van der Waals surface area contributed by atoms with Crippen molar-refractivity contribution < 1.29 is 18.4 Å². The van der Waals surface area contributed by atoms with Gasteiger partial charge in [0, 0.05) is 5.56 Å². The molecular weight excluding hydrogens is 368 g/mol. The number of thioether (sulfide) groups is 1. The van der Waals surface area contributed by atoms with Crippen molar-refractivity contribution in [3.05, 3.63) is 53.5 Å². The third-order valence-electron chi connectivity index (χ3n) is 3.46. The minimum absolute atomic E-state index is 0.0251. The normalized spacial score (nSPS) is 10.6. The van der Waals surface area contributed by atoms with Gasteiger partial charge in [-0.1, -0.05) is 29.0 Å². The summed E-state index contributed by atoms with van der Waals surface area (Å²) in [6.07, 6.45) is 1.51. The van der Waals surface area contributed by atoms with Crippen LogP contribution in [0.2, 0.25) is 0 Å². The molecule has 8 nitrogen and oxygen atoms in total. The first-order valence-electron chi connectivity index (χ1n) is 8.14. The maximum absolute atomic E-state index is 11.8. The van der Waals surface area contributed by atoms with E-state index >= 15 is 0 Å². The summed E-state index contributed by atoms with van der Waals surface area (Å²) in [4.78, 5) is 23.5. The van der Waals surface area contributed by atoms with Gasteiger partial charge in [-0.3, -0.25) is 10.1 Å². The van der Waals surface area contributed by atoms with E-state index in [1.54, 1.807) is 12.1 Å². The number of carbonyl (C=O) groups excluding carboxylic acids is 2. The quantitative estimate of drug-likeness (QED) is 0.626.